The average Bonchev–Trinajstić information content (AvgIpc) is 2.26. The number of nitrogens with one attached hydrogen (secondary N) is 1. The number of carboxylic acid groups (broad SMARTS) is 1. The number of benzene rings is 1. The van der Waals surface area contributed by atoms with Gasteiger partial charge in [-0.05, 0) is 24.1 Å². The first-order chi connectivity index (χ1) is 9.15. The van der Waals surface area contributed by atoms with E-state index in [1.165, 1.54) is 6.07 Å². The SMILES string of the molecule is CC(C)C(CNS(=O)(=O)c1ccc(Br)cc1F)C(=O)O. The Hall–Kier alpha value is -0.990. The minimum absolute atomic E-state index is 0.245. The standard InChI is InChI=1S/C12H15BrFNO4S/c1-7(2)9(12(16)17)6-15-20(18,19)11-4-3-8(13)5-10(11)14/h3-5,7,9,15H,6H2,1-2H3,(H,16,17). The maximum Gasteiger partial charge on any atom is 0.308 e. The summed E-state index contributed by atoms with van der Waals surface area (Å²) in [6, 6.07) is 3.55. The van der Waals surface area contributed by atoms with E-state index in [2.05, 4.69) is 20.7 Å². The van der Waals surface area contributed by atoms with Gasteiger partial charge < -0.3 is 5.11 Å². The van der Waals surface area contributed by atoms with Crippen LogP contribution >= 0.6 is 15.9 Å². The van der Waals surface area contributed by atoms with Crippen molar-refractivity contribution in [3.8, 4) is 0 Å². The van der Waals surface area contributed by atoms with Gasteiger partial charge in [-0.2, -0.15) is 0 Å². The Labute approximate surface area is 125 Å². The van der Waals surface area contributed by atoms with Gasteiger partial charge in [-0.3, -0.25) is 4.79 Å². The molecule has 0 fully saturated rings. The molecule has 5 nitrogen and oxygen atoms in total. The van der Waals surface area contributed by atoms with E-state index in [9.17, 15) is 17.6 Å². The van der Waals surface area contributed by atoms with Crippen LogP contribution in [0.5, 0.6) is 0 Å². The van der Waals surface area contributed by atoms with Gasteiger partial charge in [0.25, 0.3) is 0 Å². The van der Waals surface area contributed by atoms with E-state index in [1.54, 1.807) is 13.8 Å². The highest BCUT2D eigenvalue weighted by Crippen LogP contribution is 2.20. The first-order valence-corrected chi connectivity index (χ1v) is 8.10. The minimum Gasteiger partial charge on any atom is -0.481 e. The number of aliphatic carboxylic acids is 1. The van der Waals surface area contributed by atoms with Crippen molar-refractivity contribution in [3.05, 3.63) is 28.5 Å². The molecule has 0 amide bonds. The molecule has 0 aromatic heterocycles. The van der Waals surface area contributed by atoms with Crippen molar-refractivity contribution in [3.63, 3.8) is 0 Å². The molecule has 1 aromatic rings. The van der Waals surface area contributed by atoms with E-state index >= 15 is 0 Å². The second-order valence-electron chi connectivity index (χ2n) is 4.62. The number of hydrogen-bond donors (Lipinski definition) is 2. The molecule has 0 aliphatic heterocycles. The summed E-state index contributed by atoms with van der Waals surface area (Å²) in [7, 11) is -4.08. The van der Waals surface area contributed by atoms with Gasteiger partial charge in [0.2, 0.25) is 10.0 Å². The van der Waals surface area contributed by atoms with Gasteiger partial charge >= 0.3 is 5.97 Å². The van der Waals surface area contributed by atoms with Gasteiger partial charge in [-0.15, -0.1) is 0 Å². The third kappa shape index (κ3) is 4.26. The number of hydrogen-bond acceptors (Lipinski definition) is 3. The zero-order valence-corrected chi connectivity index (χ0v) is 13.3. The highest BCUT2D eigenvalue weighted by atomic mass is 79.9. The number of halogens is 2. The van der Waals surface area contributed by atoms with Gasteiger partial charge in [0.1, 0.15) is 10.7 Å². The molecule has 2 N–H and O–H groups in total. The number of sulfonamides is 1. The molecule has 8 heteroatoms. The molecule has 112 valence electrons. The Balaban J connectivity index is 2.93. The van der Waals surface area contributed by atoms with Crippen molar-refractivity contribution in [2.45, 2.75) is 18.7 Å². The predicted molar refractivity (Wildman–Crippen MR) is 75.3 cm³/mol. The summed E-state index contributed by atoms with van der Waals surface area (Å²) >= 11 is 3.03. The zero-order valence-electron chi connectivity index (χ0n) is 10.9. The van der Waals surface area contributed by atoms with Gasteiger partial charge in [-0.25, -0.2) is 17.5 Å². The number of carboxylic acids is 1. The van der Waals surface area contributed by atoms with E-state index in [4.69, 9.17) is 5.11 Å². The normalized spacial score (nSPS) is 13.4. The lowest BCUT2D eigenvalue weighted by atomic mass is 9.97. The monoisotopic (exact) mass is 367 g/mol. The Kier molecular flexibility index (Phi) is 5.67. The van der Waals surface area contributed by atoms with E-state index in [1.807, 2.05) is 0 Å². The Morgan fingerprint density at radius 2 is 2.05 bits per heavy atom. The summed E-state index contributed by atoms with van der Waals surface area (Å²) in [5.74, 6) is -3.12. The molecule has 0 bridgehead atoms. The Morgan fingerprint density at radius 3 is 2.50 bits per heavy atom. The molecule has 0 saturated heterocycles. The molecule has 20 heavy (non-hydrogen) atoms. The molecule has 1 rings (SSSR count). The smallest absolute Gasteiger partial charge is 0.308 e. The quantitative estimate of drug-likeness (QED) is 0.807. The van der Waals surface area contributed by atoms with Crippen LogP contribution in [-0.4, -0.2) is 26.0 Å². The van der Waals surface area contributed by atoms with Crippen molar-refractivity contribution >= 4 is 31.9 Å². The van der Waals surface area contributed by atoms with Crippen molar-refractivity contribution in [2.75, 3.05) is 6.54 Å². The van der Waals surface area contributed by atoms with Crippen LogP contribution in [0.15, 0.2) is 27.6 Å². The molecule has 0 spiro atoms. The highest BCUT2D eigenvalue weighted by molar-refractivity contribution is 9.10. The van der Waals surface area contributed by atoms with Crippen molar-refractivity contribution in [2.24, 2.45) is 11.8 Å². The fourth-order valence-corrected chi connectivity index (χ4v) is 3.03. The Bertz CT molecular complexity index is 603. The van der Waals surface area contributed by atoms with E-state index < -0.39 is 32.6 Å². The van der Waals surface area contributed by atoms with Crippen molar-refractivity contribution in [1.82, 2.24) is 4.72 Å². The molecule has 0 radical (unpaired) electrons. The van der Waals surface area contributed by atoms with Gasteiger partial charge in [0, 0.05) is 11.0 Å². The first kappa shape index (κ1) is 17.1. The first-order valence-electron chi connectivity index (χ1n) is 5.82. The summed E-state index contributed by atoms with van der Waals surface area (Å²) < 4.78 is 40.1. The summed E-state index contributed by atoms with van der Waals surface area (Å²) in [5, 5.41) is 8.99. The van der Waals surface area contributed by atoms with Crippen LogP contribution in [0.2, 0.25) is 0 Å². The van der Waals surface area contributed by atoms with Crippen LogP contribution in [0.25, 0.3) is 0 Å². The molecule has 1 unspecified atom stereocenters. The van der Waals surface area contributed by atoms with Crippen molar-refractivity contribution < 1.29 is 22.7 Å². The molecule has 0 aliphatic rings. The fraction of sp³-hybridized carbons (Fsp3) is 0.417. The molecular formula is C12H15BrFNO4S. The van der Waals surface area contributed by atoms with Crippen LogP contribution in [-0.2, 0) is 14.8 Å². The van der Waals surface area contributed by atoms with Crippen LogP contribution in [0.1, 0.15) is 13.8 Å². The third-order valence-corrected chi connectivity index (χ3v) is 4.75. The maximum atomic E-state index is 13.6. The molecule has 1 aromatic carbocycles. The molecular weight excluding hydrogens is 353 g/mol. The molecule has 0 aliphatic carbocycles. The third-order valence-electron chi connectivity index (χ3n) is 2.80. The minimum atomic E-state index is -4.08. The number of rotatable bonds is 6. The summed E-state index contributed by atoms with van der Waals surface area (Å²) in [6.07, 6.45) is 0. The lowest BCUT2D eigenvalue weighted by molar-refractivity contribution is -0.142. The predicted octanol–water partition coefficient (Wildman–Crippen LogP) is 2.22. The summed E-state index contributed by atoms with van der Waals surface area (Å²) in [6.45, 7) is 3.06. The van der Waals surface area contributed by atoms with Crippen LogP contribution in [0.4, 0.5) is 4.39 Å². The average molecular weight is 368 g/mol. The molecule has 1 atom stereocenters. The summed E-state index contributed by atoms with van der Waals surface area (Å²) in [5.41, 5.74) is 0. The van der Waals surface area contributed by atoms with Crippen LogP contribution in [0, 0.1) is 17.7 Å². The zero-order chi connectivity index (χ0) is 15.5. The second-order valence-corrected chi connectivity index (χ2v) is 7.27. The second kappa shape index (κ2) is 6.64. The van der Waals surface area contributed by atoms with E-state index in [0.29, 0.717) is 4.47 Å². The van der Waals surface area contributed by atoms with Gasteiger partial charge in [0.15, 0.2) is 0 Å². The maximum absolute atomic E-state index is 13.6. The van der Waals surface area contributed by atoms with Crippen molar-refractivity contribution in [1.29, 1.82) is 0 Å². The van der Waals surface area contributed by atoms with E-state index in [0.717, 1.165) is 12.1 Å². The summed E-state index contributed by atoms with van der Waals surface area (Å²) in [4.78, 5) is 10.5. The van der Waals surface area contributed by atoms with Gasteiger partial charge in [-0.1, -0.05) is 29.8 Å². The lowest BCUT2D eigenvalue weighted by Gasteiger charge is -2.17. The highest BCUT2D eigenvalue weighted by Gasteiger charge is 2.25. The van der Waals surface area contributed by atoms with Crippen LogP contribution in [0.3, 0.4) is 0 Å². The largest absolute Gasteiger partial charge is 0.481 e. The van der Waals surface area contributed by atoms with Gasteiger partial charge in [0.05, 0.1) is 5.92 Å². The Morgan fingerprint density at radius 1 is 1.45 bits per heavy atom. The fourth-order valence-electron chi connectivity index (χ4n) is 1.58. The molecule has 0 saturated carbocycles. The number of carbonyl (C=O) groups is 1. The molecule has 0 heterocycles. The lowest BCUT2D eigenvalue weighted by Crippen LogP contribution is -2.35. The van der Waals surface area contributed by atoms with E-state index in [-0.39, 0.29) is 12.5 Å². The van der Waals surface area contributed by atoms with Crippen LogP contribution < -0.4 is 4.72 Å². The topological polar surface area (TPSA) is 83.5 Å².